The van der Waals surface area contributed by atoms with Crippen molar-refractivity contribution in [2.45, 2.75) is 46.2 Å². The summed E-state index contributed by atoms with van der Waals surface area (Å²) in [5.74, 6) is 1.93. The van der Waals surface area contributed by atoms with Crippen LogP contribution in [0.15, 0.2) is 18.2 Å². The van der Waals surface area contributed by atoms with E-state index in [9.17, 15) is 4.79 Å². The summed E-state index contributed by atoms with van der Waals surface area (Å²) in [5, 5.41) is 3.10. The van der Waals surface area contributed by atoms with Crippen molar-refractivity contribution in [3.05, 3.63) is 23.8 Å². The van der Waals surface area contributed by atoms with Crippen molar-refractivity contribution < 1.29 is 14.3 Å². The number of hydrogen-bond donors (Lipinski definition) is 1. The van der Waals surface area contributed by atoms with Crippen LogP contribution in [0.25, 0.3) is 0 Å². The molecule has 0 radical (unpaired) electrons. The molecule has 1 aromatic rings. The zero-order valence-electron chi connectivity index (χ0n) is 17.5. The minimum Gasteiger partial charge on any atom is -0.493 e. The molecular weight excluding hydrogens is 342 g/mol. The molecular formula is C21H35N3O3. The first kappa shape index (κ1) is 21.4. The van der Waals surface area contributed by atoms with Crippen molar-refractivity contribution in [3.63, 3.8) is 0 Å². The average molecular weight is 378 g/mol. The average Bonchev–Trinajstić information content (AvgIpc) is 2.67. The summed E-state index contributed by atoms with van der Waals surface area (Å²) < 4.78 is 11.1. The van der Waals surface area contributed by atoms with E-state index < -0.39 is 0 Å². The van der Waals surface area contributed by atoms with Crippen LogP contribution in [-0.4, -0.2) is 62.3 Å². The number of urea groups is 1. The maximum atomic E-state index is 12.6. The number of carbonyl (C=O) groups is 1. The van der Waals surface area contributed by atoms with Crippen molar-refractivity contribution >= 4 is 6.03 Å². The van der Waals surface area contributed by atoms with Gasteiger partial charge in [0.05, 0.1) is 20.3 Å². The van der Waals surface area contributed by atoms with Gasteiger partial charge >= 0.3 is 6.03 Å². The summed E-state index contributed by atoms with van der Waals surface area (Å²) in [5.41, 5.74) is 0.942. The standard InChI is InChI=1S/C21H35N3O3/c1-6-27-20-18(10-7-11-19(20)26-5)15-23(4)21(25)22-13-17-9-8-12-24(14-17)16(2)3/h7,10-11,16-17H,6,8-9,12-15H2,1-5H3,(H,22,25)/t17-/m0/s1. The fraction of sp³-hybridized carbons (Fsp3) is 0.667. The first-order valence-corrected chi connectivity index (χ1v) is 9.97. The Hall–Kier alpha value is -1.95. The molecule has 1 heterocycles. The van der Waals surface area contributed by atoms with Crippen LogP contribution in [0.4, 0.5) is 4.79 Å². The van der Waals surface area contributed by atoms with Crippen LogP contribution in [0.5, 0.6) is 11.5 Å². The van der Waals surface area contributed by atoms with Crippen LogP contribution in [-0.2, 0) is 6.54 Å². The lowest BCUT2D eigenvalue weighted by Crippen LogP contribution is -2.45. The number of methoxy groups -OCH3 is 1. The van der Waals surface area contributed by atoms with Gasteiger partial charge in [-0.15, -0.1) is 0 Å². The molecule has 6 nitrogen and oxygen atoms in total. The van der Waals surface area contributed by atoms with E-state index in [1.807, 2.05) is 32.2 Å². The summed E-state index contributed by atoms with van der Waals surface area (Å²) in [6.07, 6.45) is 2.38. The number of nitrogens with one attached hydrogen (secondary N) is 1. The monoisotopic (exact) mass is 377 g/mol. The van der Waals surface area contributed by atoms with Crippen LogP contribution in [0, 0.1) is 5.92 Å². The zero-order chi connectivity index (χ0) is 19.8. The highest BCUT2D eigenvalue weighted by molar-refractivity contribution is 5.74. The number of nitrogens with zero attached hydrogens (tertiary/aromatic N) is 2. The molecule has 0 unspecified atom stereocenters. The van der Waals surface area contributed by atoms with E-state index in [2.05, 4.69) is 24.1 Å². The smallest absolute Gasteiger partial charge is 0.317 e. The third-order valence-electron chi connectivity index (χ3n) is 5.15. The van der Waals surface area contributed by atoms with Crippen molar-refractivity contribution in [1.82, 2.24) is 15.1 Å². The Morgan fingerprint density at radius 3 is 2.85 bits per heavy atom. The van der Waals surface area contributed by atoms with Gasteiger partial charge in [0.1, 0.15) is 0 Å². The summed E-state index contributed by atoms with van der Waals surface area (Å²) in [4.78, 5) is 16.7. The van der Waals surface area contributed by atoms with Crippen LogP contribution >= 0.6 is 0 Å². The van der Waals surface area contributed by atoms with Crippen molar-refractivity contribution in [3.8, 4) is 11.5 Å². The zero-order valence-corrected chi connectivity index (χ0v) is 17.5. The maximum absolute atomic E-state index is 12.6. The maximum Gasteiger partial charge on any atom is 0.317 e. The Bertz CT molecular complexity index is 606. The molecule has 0 spiro atoms. The number of amides is 2. The Morgan fingerprint density at radius 2 is 2.19 bits per heavy atom. The van der Waals surface area contributed by atoms with Gasteiger partial charge in [-0.25, -0.2) is 4.79 Å². The molecule has 1 N–H and O–H groups in total. The molecule has 0 bridgehead atoms. The fourth-order valence-electron chi connectivity index (χ4n) is 3.58. The van der Waals surface area contributed by atoms with Crippen LogP contribution < -0.4 is 14.8 Å². The third-order valence-corrected chi connectivity index (χ3v) is 5.15. The summed E-state index contributed by atoms with van der Waals surface area (Å²) >= 11 is 0. The highest BCUT2D eigenvalue weighted by Gasteiger charge is 2.22. The van der Waals surface area contributed by atoms with Gasteiger partial charge in [0.25, 0.3) is 0 Å². The second-order valence-electron chi connectivity index (χ2n) is 7.52. The van der Waals surface area contributed by atoms with Crippen LogP contribution in [0.2, 0.25) is 0 Å². The SMILES string of the molecule is CCOc1c(CN(C)C(=O)NC[C@@H]2CCCN(C(C)C)C2)cccc1OC. The van der Waals surface area contributed by atoms with E-state index in [-0.39, 0.29) is 6.03 Å². The number of likely N-dealkylation sites (tertiary alicyclic amines) is 1. The lowest BCUT2D eigenvalue weighted by Gasteiger charge is -2.35. The summed E-state index contributed by atoms with van der Waals surface area (Å²) in [7, 11) is 3.44. The highest BCUT2D eigenvalue weighted by atomic mass is 16.5. The second-order valence-corrected chi connectivity index (χ2v) is 7.52. The Balaban J connectivity index is 1.90. The van der Waals surface area contributed by atoms with Gasteiger partial charge in [-0.3, -0.25) is 0 Å². The number of benzene rings is 1. The quantitative estimate of drug-likeness (QED) is 0.755. The molecule has 1 fully saturated rings. The van der Waals surface area contributed by atoms with E-state index >= 15 is 0 Å². The normalized spacial score (nSPS) is 17.6. The van der Waals surface area contributed by atoms with Crippen LogP contribution in [0.3, 0.4) is 0 Å². The number of rotatable bonds is 8. The third kappa shape index (κ3) is 6.03. The molecule has 0 saturated carbocycles. The van der Waals surface area contributed by atoms with Gasteiger partial charge < -0.3 is 24.6 Å². The lowest BCUT2D eigenvalue weighted by atomic mass is 9.97. The molecule has 2 rings (SSSR count). The van der Waals surface area contributed by atoms with E-state index in [1.165, 1.54) is 12.8 Å². The van der Waals surface area contributed by atoms with Gasteiger partial charge in [0.15, 0.2) is 11.5 Å². The second kappa shape index (κ2) is 10.4. The summed E-state index contributed by atoms with van der Waals surface area (Å²) in [6.45, 7) is 10.4. The molecule has 152 valence electrons. The molecule has 1 atom stereocenters. The lowest BCUT2D eigenvalue weighted by molar-refractivity contribution is 0.137. The Labute approximate surface area is 163 Å². The van der Waals surface area contributed by atoms with Gasteiger partial charge in [-0.1, -0.05) is 12.1 Å². The molecule has 1 saturated heterocycles. The minimum atomic E-state index is -0.0538. The van der Waals surface area contributed by atoms with Crippen molar-refractivity contribution in [2.24, 2.45) is 5.92 Å². The molecule has 0 aliphatic carbocycles. The van der Waals surface area contributed by atoms with E-state index in [0.717, 1.165) is 25.2 Å². The summed E-state index contributed by atoms with van der Waals surface area (Å²) in [6, 6.07) is 6.28. The molecule has 6 heteroatoms. The molecule has 1 aromatic carbocycles. The minimum absolute atomic E-state index is 0.0538. The Morgan fingerprint density at radius 1 is 1.41 bits per heavy atom. The van der Waals surface area contributed by atoms with E-state index in [0.29, 0.717) is 36.6 Å². The van der Waals surface area contributed by atoms with Gasteiger partial charge in [-0.05, 0) is 52.1 Å². The number of hydrogen-bond acceptors (Lipinski definition) is 4. The largest absolute Gasteiger partial charge is 0.493 e. The highest BCUT2D eigenvalue weighted by Crippen LogP contribution is 2.31. The number of ether oxygens (including phenoxy) is 2. The van der Waals surface area contributed by atoms with Gasteiger partial charge in [0.2, 0.25) is 0 Å². The number of carbonyl (C=O) groups excluding carboxylic acids is 1. The molecule has 1 aliphatic rings. The molecule has 27 heavy (non-hydrogen) atoms. The first-order chi connectivity index (χ1) is 13.0. The van der Waals surface area contributed by atoms with E-state index in [4.69, 9.17) is 9.47 Å². The van der Waals surface area contributed by atoms with Gasteiger partial charge in [-0.2, -0.15) is 0 Å². The molecule has 0 aromatic heterocycles. The topological polar surface area (TPSA) is 54.0 Å². The number of piperidine rings is 1. The fourth-order valence-corrected chi connectivity index (χ4v) is 3.58. The number of para-hydroxylation sites is 1. The predicted octanol–water partition coefficient (Wildman–Crippen LogP) is 3.36. The molecule has 2 amide bonds. The Kier molecular flexibility index (Phi) is 8.23. The van der Waals surface area contributed by atoms with Crippen LogP contribution in [0.1, 0.15) is 39.2 Å². The molecule has 1 aliphatic heterocycles. The van der Waals surface area contributed by atoms with Crippen molar-refractivity contribution in [1.29, 1.82) is 0 Å². The van der Waals surface area contributed by atoms with Gasteiger partial charge in [0, 0.05) is 31.7 Å². The van der Waals surface area contributed by atoms with E-state index in [1.54, 1.807) is 12.0 Å². The predicted molar refractivity (Wildman–Crippen MR) is 108 cm³/mol. The first-order valence-electron chi connectivity index (χ1n) is 9.97. The van der Waals surface area contributed by atoms with Crippen molar-refractivity contribution in [2.75, 3.05) is 40.4 Å².